The Morgan fingerprint density at radius 1 is 0.838 bits per heavy atom. The van der Waals surface area contributed by atoms with E-state index in [1.54, 1.807) is 0 Å². The van der Waals surface area contributed by atoms with E-state index >= 15 is 0 Å². The van der Waals surface area contributed by atoms with E-state index in [0.29, 0.717) is 12.1 Å². The molecule has 194 valence electrons. The first-order valence-corrected chi connectivity index (χ1v) is 12.0. The zero-order valence-corrected chi connectivity index (χ0v) is 20.6. The van der Waals surface area contributed by atoms with Gasteiger partial charge < -0.3 is 26.7 Å². The molecular formula is C27H32N6O4. The molecule has 0 fully saturated rings. The van der Waals surface area contributed by atoms with E-state index in [9.17, 15) is 19.2 Å². The Bertz CT molecular complexity index is 1170. The summed E-state index contributed by atoms with van der Waals surface area (Å²) in [5, 5.41) is 8.03. The Balaban J connectivity index is 1.80. The maximum atomic E-state index is 13.4. The number of carbonyl (C=O) groups is 4. The molecule has 3 atom stereocenters. The molecule has 0 aliphatic heterocycles. The Morgan fingerprint density at radius 2 is 1.43 bits per heavy atom. The Morgan fingerprint density at radius 3 is 1.97 bits per heavy atom. The highest BCUT2D eigenvalue weighted by Gasteiger charge is 2.30. The van der Waals surface area contributed by atoms with Crippen LogP contribution in [0.3, 0.4) is 0 Å². The molecule has 0 bridgehead atoms. The number of benzene rings is 2. The van der Waals surface area contributed by atoms with Crippen LogP contribution in [-0.4, -0.2) is 52.7 Å². The fraction of sp³-hybridized carbons (Fsp3) is 0.296. The molecule has 0 saturated heterocycles. The third kappa shape index (κ3) is 8.60. The van der Waals surface area contributed by atoms with Crippen LogP contribution >= 0.6 is 0 Å². The number of aromatic amines is 1. The Labute approximate surface area is 215 Å². The van der Waals surface area contributed by atoms with Crippen LogP contribution in [0.1, 0.15) is 23.2 Å². The number of rotatable bonds is 13. The second-order valence-electron chi connectivity index (χ2n) is 8.76. The predicted molar refractivity (Wildman–Crippen MR) is 138 cm³/mol. The summed E-state index contributed by atoms with van der Waals surface area (Å²) in [4.78, 5) is 57.8. The number of primary amides is 1. The van der Waals surface area contributed by atoms with Crippen LogP contribution in [0.4, 0.5) is 0 Å². The van der Waals surface area contributed by atoms with Crippen molar-refractivity contribution in [1.29, 1.82) is 0 Å². The summed E-state index contributed by atoms with van der Waals surface area (Å²) < 4.78 is 0. The van der Waals surface area contributed by atoms with Crippen molar-refractivity contribution < 1.29 is 19.2 Å². The van der Waals surface area contributed by atoms with Gasteiger partial charge in [-0.2, -0.15) is 0 Å². The van der Waals surface area contributed by atoms with E-state index < -0.39 is 35.7 Å². The molecule has 0 saturated carbocycles. The van der Waals surface area contributed by atoms with Gasteiger partial charge in [0.1, 0.15) is 12.1 Å². The molecule has 0 spiro atoms. The lowest BCUT2D eigenvalue weighted by atomic mass is 9.94. The van der Waals surface area contributed by atoms with Crippen molar-refractivity contribution in [3.63, 3.8) is 0 Å². The summed E-state index contributed by atoms with van der Waals surface area (Å²) in [5.74, 6) is -2.69. The predicted octanol–water partition coefficient (Wildman–Crippen LogP) is 0.645. The molecule has 4 amide bonds. The molecule has 10 heteroatoms. The minimum Gasteiger partial charge on any atom is -0.368 e. The van der Waals surface area contributed by atoms with Crippen LogP contribution in [-0.2, 0) is 38.4 Å². The fourth-order valence-electron chi connectivity index (χ4n) is 3.94. The Kier molecular flexibility index (Phi) is 9.95. The second-order valence-corrected chi connectivity index (χ2v) is 8.76. The quantitative estimate of drug-likeness (QED) is 0.231. The maximum absolute atomic E-state index is 13.4. The average Bonchev–Trinajstić information content (AvgIpc) is 3.41. The van der Waals surface area contributed by atoms with Gasteiger partial charge in [-0.3, -0.25) is 19.2 Å². The van der Waals surface area contributed by atoms with E-state index in [4.69, 9.17) is 5.73 Å². The topological polar surface area (TPSA) is 159 Å². The minimum atomic E-state index is -1.01. The van der Waals surface area contributed by atoms with Gasteiger partial charge in [-0.25, -0.2) is 4.98 Å². The van der Waals surface area contributed by atoms with Crippen molar-refractivity contribution in [2.24, 2.45) is 11.7 Å². The molecule has 6 N–H and O–H groups in total. The highest BCUT2D eigenvalue weighted by atomic mass is 16.2. The minimum absolute atomic E-state index is 0.0410. The summed E-state index contributed by atoms with van der Waals surface area (Å²) in [6.45, 7) is 0. The van der Waals surface area contributed by atoms with Crippen LogP contribution in [0.2, 0.25) is 0 Å². The van der Waals surface area contributed by atoms with Crippen LogP contribution in [0.25, 0.3) is 0 Å². The van der Waals surface area contributed by atoms with Crippen molar-refractivity contribution in [2.45, 2.75) is 37.8 Å². The standard InChI is InChI=1S/C27H32N6O4/c1-29-24(34)14-20(12-18-8-4-2-5-9-18)26(36)33-23(13-19-10-6-3-7-11-19)27(37)32-22(25(28)35)15-21-16-30-17-31-21/h2-11,16-17,20,22-23H,12-15H2,1H3,(H2,28,35)(H,29,34)(H,30,31)(H,32,37)(H,33,36). The van der Waals surface area contributed by atoms with Crippen LogP contribution in [0, 0.1) is 5.92 Å². The average molecular weight is 505 g/mol. The lowest BCUT2D eigenvalue weighted by molar-refractivity contribution is -0.134. The van der Waals surface area contributed by atoms with Gasteiger partial charge in [-0.1, -0.05) is 60.7 Å². The highest BCUT2D eigenvalue weighted by molar-refractivity contribution is 5.93. The number of hydrogen-bond acceptors (Lipinski definition) is 5. The molecule has 0 aliphatic rings. The molecule has 3 aromatic rings. The fourth-order valence-corrected chi connectivity index (χ4v) is 3.94. The van der Waals surface area contributed by atoms with Crippen LogP contribution in [0.15, 0.2) is 73.2 Å². The number of nitrogens with two attached hydrogens (primary N) is 1. The SMILES string of the molecule is CNC(=O)CC(Cc1ccccc1)C(=O)NC(Cc1ccccc1)C(=O)NC(Cc1cnc[nH]1)C(N)=O. The van der Waals surface area contributed by atoms with E-state index in [-0.39, 0.29) is 25.2 Å². The van der Waals surface area contributed by atoms with Gasteiger partial charge in [0, 0.05) is 38.2 Å². The number of nitrogens with one attached hydrogen (secondary N) is 4. The van der Waals surface area contributed by atoms with Crippen molar-refractivity contribution in [3.05, 3.63) is 90.0 Å². The summed E-state index contributed by atoms with van der Waals surface area (Å²) >= 11 is 0. The monoisotopic (exact) mass is 504 g/mol. The number of amides is 4. The van der Waals surface area contributed by atoms with E-state index in [1.807, 2.05) is 60.7 Å². The van der Waals surface area contributed by atoms with Crippen molar-refractivity contribution in [1.82, 2.24) is 25.9 Å². The zero-order chi connectivity index (χ0) is 26.6. The molecule has 3 rings (SSSR count). The first-order valence-electron chi connectivity index (χ1n) is 12.0. The van der Waals surface area contributed by atoms with Crippen molar-refractivity contribution in [2.75, 3.05) is 7.05 Å². The van der Waals surface area contributed by atoms with Gasteiger partial charge in [-0.05, 0) is 17.5 Å². The molecular weight excluding hydrogens is 472 g/mol. The third-order valence-corrected chi connectivity index (χ3v) is 5.96. The molecule has 37 heavy (non-hydrogen) atoms. The lowest BCUT2D eigenvalue weighted by Gasteiger charge is -2.24. The van der Waals surface area contributed by atoms with Crippen molar-refractivity contribution >= 4 is 23.6 Å². The third-order valence-electron chi connectivity index (χ3n) is 5.96. The highest BCUT2D eigenvalue weighted by Crippen LogP contribution is 2.14. The largest absolute Gasteiger partial charge is 0.368 e. The number of H-pyrrole nitrogens is 1. The van der Waals surface area contributed by atoms with Crippen molar-refractivity contribution in [3.8, 4) is 0 Å². The first kappa shape index (κ1) is 27.1. The van der Waals surface area contributed by atoms with Crippen LogP contribution < -0.4 is 21.7 Å². The van der Waals surface area contributed by atoms with Gasteiger partial charge in [0.15, 0.2) is 0 Å². The summed E-state index contributed by atoms with van der Waals surface area (Å²) in [6.07, 6.45) is 3.60. The summed E-state index contributed by atoms with van der Waals surface area (Å²) in [5.41, 5.74) is 7.88. The molecule has 3 unspecified atom stereocenters. The number of aromatic nitrogens is 2. The van der Waals surface area contributed by atoms with Crippen LogP contribution in [0.5, 0.6) is 0 Å². The van der Waals surface area contributed by atoms with Gasteiger partial charge >= 0.3 is 0 Å². The van der Waals surface area contributed by atoms with Gasteiger partial charge in [0.25, 0.3) is 0 Å². The first-order chi connectivity index (χ1) is 17.9. The van der Waals surface area contributed by atoms with E-state index in [2.05, 4.69) is 25.9 Å². The zero-order valence-electron chi connectivity index (χ0n) is 20.6. The number of imidazole rings is 1. The Hall–Kier alpha value is -4.47. The molecule has 0 radical (unpaired) electrons. The molecule has 2 aromatic carbocycles. The van der Waals surface area contributed by atoms with Gasteiger partial charge in [0.2, 0.25) is 23.6 Å². The van der Waals surface area contributed by atoms with Gasteiger partial charge in [-0.15, -0.1) is 0 Å². The number of carbonyl (C=O) groups excluding carboxylic acids is 4. The van der Waals surface area contributed by atoms with Gasteiger partial charge in [0.05, 0.1) is 12.2 Å². The maximum Gasteiger partial charge on any atom is 0.243 e. The van der Waals surface area contributed by atoms with E-state index in [1.165, 1.54) is 19.6 Å². The summed E-state index contributed by atoms with van der Waals surface area (Å²) in [7, 11) is 1.51. The summed E-state index contributed by atoms with van der Waals surface area (Å²) in [6, 6.07) is 16.6. The second kappa shape index (κ2) is 13.6. The molecule has 10 nitrogen and oxygen atoms in total. The number of hydrogen-bond donors (Lipinski definition) is 5. The van der Waals surface area contributed by atoms with E-state index in [0.717, 1.165) is 11.1 Å². The molecule has 1 aromatic heterocycles. The lowest BCUT2D eigenvalue weighted by Crippen LogP contribution is -2.55. The normalized spacial score (nSPS) is 13.1. The molecule has 1 heterocycles. The number of nitrogens with zero attached hydrogens (tertiary/aromatic N) is 1. The molecule has 0 aliphatic carbocycles. The smallest absolute Gasteiger partial charge is 0.243 e.